The van der Waals surface area contributed by atoms with Gasteiger partial charge in [-0.1, -0.05) is 6.92 Å². The van der Waals surface area contributed by atoms with E-state index in [1.807, 2.05) is 0 Å². The first kappa shape index (κ1) is 14.0. The number of nitrogens with zero attached hydrogens (tertiary/aromatic N) is 2. The van der Waals surface area contributed by atoms with Gasteiger partial charge in [-0.3, -0.25) is 4.74 Å². The Morgan fingerprint density at radius 1 is 1.47 bits per heavy atom. The minimum Gasteiger partial charge on any atom is -0.335 e. The van der Waals surface area contributed by atoms with Crippen molar-refractivity contribution < 1.29 is 17.9 Å². The summed E-state index contributed by atoms with van der Waals surface area (Å²) in [6.07, 6.45) is -0.322. The van der Waals surface area contributed by atoms with E-state index in [0.29, 0.717) is 6.54 Å². The van der Waals surface area contributed by atoms with E-state index in [4.69, 9.17) is 0 Å². The van der Waals surface area contributed by atoms with Crippen LogP contribution in [0.15, 0.2) is 12.5 Å². The van der Waals surface area contributed by atoms with Crippen molar-refractivity contribution in [3.63, 3.8) is 0 Å². The van der Waals surface area contributed by atoms with Crippen LogP contribution in [0.4, 0.5) is 13.2 Å². The summed E-state index contributed by atoms with van der Waals surface area (Å²) in [7, 11) is 0. The molecule has 0 amide bonds. The Hall–Kier alpha value is -1.08. The minimum absolute atomic E-state index is 0.139. The largest absolute Gasteiger partial charge is 0.522 e. The molecular formula is C10H16F3N3O. The first-order chi connectivity index (χ1) is 8.01. The SMILES string of the molecule is CCCNCc1cn(CCOC(F)(F)F)cn1. The summed E-state index contributed by atoms with van der Waals surface area (Å²) in [6, 6.07) is 0. The predicted molar refractivity (Wildman–Crippen MR) is 56.2 cm³/mol. The molecule has 0 saturated carbocycles. The highest BCUT2D eigenvalue weighted by atomic mass is 19.4. The van der Waals surface area contributed by atoms with Crippen LogP contribution in [0.1, 0.15) is 19.0 Å². The van der Waals surface area contributed by atoms with Crippen LogP contribution in [0.3, 0.4) is 0 Å². The Labute approximate surface area is 97.8 Å². The standard InChI is InChI=1S/C10H16F3N3O/c1-2-3-14-6-9-7-16(8-15-9)4-5-17-10(11,12)13/h7-8,14H,2-6H2,1H3. The van der Waals surface area contributed by atoms with Gasteiger partial charge in [-0.15, -0.1) is 13.2 Å². The van der Waals surface area contributed by atoms with Gasteiger partial charge in [-0.05, 0) is 13.0 Å². The molecule has 0 spiro atoms. The lowest BCUT2D eigenvalue weighted by Gasteiger charge is -2.07. The summed E-state index contributed by atoms with van der Waals surface area (Å²) in [4.78, 5) is 4.07. The molecule has 0 radical (unpaired) electrons. The van der Waals surface area contributed by atoms with Gasteiger partial charge in [0.15, 0.2) is 0 Å². The molecule has 0 aromatic carbocycles. The normalized spacial score (nSPS) is 12.0. The molecule has 98 valence electrons. The lowest BCUT2D eigenvalue weighted by Crippen LogP contribution is -2.17. The van der Waals surface area contributed by atoms with Gasteiger partial charge in [0.25, 0.3) is 0 Å². The van der Waals surface area contributed by atoms with E-state index < -0.39 is 13.0 Å². The van der Waals surface area contributed by atoms with Crippen molar-refractivity contribution in [2.24, 2.45) is 0 Å². The molecular weight excluding hydrogens is 235 g/mol. The average Bonchev–Trinajstić information content (AvgIpc) is 2.64. The smallest absolute Gasteiger partial charge is 0.335 e. The van der Waals surface area contributed by atoms with Gasteiger partial charge in [-0.25, -0.2) is 4.98 Å². The Balaban J connectivity index is 2.26. The molecule has 0 aliphatic carbocycles. The van der Waals surface area contributed by atoms with Crippen molar-refractivity contribution in [2.75, 3.05) is 13.2 Å². The van der Waals surface area contributed by atoms with Crippen LogP contribution >= 0.6 is 0 Å². The van der Waals surface area contributed by atoms with Gasteiger partial charge in [0.1, 0.15) is 0 Å². The zero-order chi connectivity index (χ0) is 12.7. The lowest BCUT2D eigenvalue weighted by molar-refractivity contribution is -0.325. The fourth-order valence-corrected chi connectivity index (χ4v) is 1.28. The highest BCUT2D eigenvalue weighted by Crippen LogP contribution is 2.15. The number of alkyl halides is 3. The van der Waals surface area contributed by atoms with E-state index in [-0.39, 0.29) is 6.54 Å². The van der Waals surface area contributed by atoms with Gasteiger partial charge in [0.2, 0.25) is 0 Å². The molecule has 1 aromatic rings. The van der Waals surface area contributed by atoms with Crippen LogP contribution in [0.5, 0.6) is 0 Å². The second-order valence-electron chi connectivity index (χ2n) is 3.57. The number of imidazole rings is 1. The fourth-order valence-electron chi connectivity index (χ4n) is 1.28. The molecule has 0 unspecified atom stereocenters. The number of ether oxygens (including phenoxy) is 1. The number of hydrogen-bond acceptors (Lipinski definition) is 3. The molecule has 17 heavy (non-hydrogen) atoms. The molecule has 7 heteroatoms. The third kappa shape index (κ3) is 6.28. The third-order valence-corrected chi connectivity index (χ3v) is 2.03. The maximum Gasteiger partial charge on any atom is 0.522 e. The number of hydrogen-bond donors (Lipinski definition) is 1. The first-order valence-corrected chi connectivity index (χ1v) is 5.43. The van der Waals surface area contributed by atoms with E-state index >= 15 is 0 Å². The molecule has 0 bridgehead atoms. The third-order valence-electron chi connectivity index (χ3n) is 2.03. The number of nitrogens with one attached hydrogen (secondary N) is 1. The molecule has 1 rings (SSSR count). The average molecular weight is 251 g/mol. The Morgan fingerprint density at radius 3 is 2.88 bits per heavy atom. The number of halogens is 3. The maximum atomic E-state index is 11.7. The second-order valence-corrected chi connectivity index (χ2v) is 3.57. The second kappa shape index (κ2) is 6.61. The summed E-state index contributed by atoms with van der Waals surface area (Å²) in [5.74, 6) is 0. The Kier molecular flexibility index (Phi) is 5.43. The van der Waals surface area contributed by atoms with E-state index in [2.05, 4.69) is 22.0 Å². The van der Waals surface area contributed by atoms with Crippen LogP contribution in [-0.2, 0) is 17.8 Å². The Bertz CT molecular complexity index is 325. The zero-order valence-corrected chi connectivity index (χ0v) is 9.63. The summed E-state index contributed by atoms with van der Waals surface area (Å²) in [6.45, 7) is 3.31. The van der Waals surface area contributed by atoms with Crippen molar-refractivity contribution in [1.29, 1.82) is 0 Å². The quantitative estimate of drug-likeness (QED) is 0.752. The predicted octanol–water partition coefficient (Wildman–Crippen LogP) is 1.92. The first-order valence-electron chi connectivity index (χ1n) is 5.43. The zero-order valence-electron chi connectivity index (χ0n) is 9.63. The van der Waals surface area contributed by atoms with E-state index in [1.165, 1.54) is 6.33 Å². The minimum atomic E-state index is -4.56. The lowest BCUT2D eigenvalue weighted by atomic mass is 10.4. The summed E-state index contributed by atoms with van der Waals surface area (Å²) in [5.41, 5.74) is 0.811. The van der Waals surface area contributed by atoms with E-state index in [1.54, 1.807) is 10.8 Å². The monoisotopic (exact) mass is 251 g/mol. The highest BCUT2D eigenvalue weighted by Gasteiger charge is 2.28. The number of rotatable bonds is 7. The maximum absolute atomic E-state index is 11.7. The fraction of sp³-hybridized carbons (Fsp3) is 0.700. The molecule has 0 fully saturated rings. The van der Waals surface area contributed by atoms with Gasteiger partial charge in [0.05, 0.1) is 18.6 Å². The Morgan fingerprint density at radius 2 is 2.24 bits per heavy atom. The topological polar surface area (TPSA) is 39.1 Å². The van der Waals surface area contributed by atoms with Crippen molar-refractivity contribution >= 4 is 0 Å². The van der Waals surface area contributed by atoms with Crippen LogP contribution in [-0.4, -0.2) is 29.1 Å². The van der Waals surface area contributed by atoms with Gasteiger partial charge in [0, 0.05) is 19.3 Å². The van der Waals surface area contributed by atoms with Crippen molar-refractivity contribution in [3.05, 3.63) is 18.2 Å². The summed E-state index contributed by atoms with van der Waals surface area (Å²) < 4.78 is 40.4. The van der Waals surface area contributed by atoms with Crippen molar-refractivity contribution in [1.82, 2.24) is 14.9 Å². The van der Waals surface area contributed by atoms with Crippen LogP contribution in [0.2, 0.25) is 0 Å². The molecule has 1 heterocycles. The van der Waals surface area contributed by atoms with E-state index in [9.17, 15) is 13.2 Å². The van der Waals surface area contributed by atoms with E-state index in [0.717, 1.165) is 18.7 Å². The van der Waals surface area contributed by atoms with Crippen molar-refractivity contribution in [2.45, 2.75) is 32.8 Å². The molecule has 0 saturated heterocycles. The summed E-state index contributed by atoms with van der Waals surface area (Å²) in [5, 5.41) is 3.16. The molecule has 0 aliphatic heterocycles. The van der Waals surface area contributed by atoms with Gasteiger partial charge >= 0.3 is 6.36 Å². The van der Waals surface area contributed by atoms with Gasteiger partial charge < -0.3 is 9.88 Å². The molecule has 1 N–H and O–H groups in total. The van der Waals surface area contributed by atoms with Gasteiger partial charge in [-0.2, -0.15) is 0 Å². The molecule has 0 atom stereocenters. The number of aromatic nitrogens is 2. The molecule has 4 nitrogen and oxygen atoms in total. The van der Waals surface area contributed by atoms with Crippen LogP contribution in [0.25, 0.3) is 0 Å². The molecule has 1 aromatic heterocycles. The molecule has 0 aliphatic rings. The van der Waals surface area contributed by atoms with Crippen LogP contribution in [0, 0.1) is 0 Å². The summed E-state index contributed by atoms with van der Waals surface area (Å²) >= 11 is 0. The van der Waals surface area contributed by atoms with Crippen molar-refractivity contribution in [3.8, 4) is 0 Å². The highest BCUT2D eigenvalue weighted by molar-refractivity contribution is 4.95. The van der Waals surface area contributed by atoms with Crippen LogP contribution < -0.4 is 5.32 Å².